The molecular formula is C20H23N3. The summed E-state index contributed by atoms with van der Waals surface area (Å²) in [6, 6.07) is 16.5. The van der Waals surface area contributed by atoms with Crippen LogP contribution in [0.4, 0.5) is 5.69 Å². The van der Waals surface area contributed by atoms with Crippen LogP contribution in [0.15, 0.2) is 47.5 Å². The third-order valence-electron chi connectivity index (χ3n) is 4.03. The fourth-order valence-electron chi connectivity index (χ4n) is 2.68. The summed E-state index contributed by atoms with van der Waals surface area (Å²) in [5.41, 5.74) is 5.25. The molecule has 2 aromatic carbocycles. The van der Waals surface area contributed by atoms with Gasteiger partial charge in [-0.1, -0.05) is 30.3 Å². The van der Waals surface area contributed by atoms with Crippen molar-refractivity contribution in [2.24, 2.45) is 4.99 Å². The lowest BCUT2D eigenvalue weighted by Gasteiger charge is -2.17. The highest BCUT2D eigenvalue weighted by molar-refractivity contribution is 5.63. The number of benzene rings is 2. The molecule has 3 nitrogen and oxygen atoms in total. The molecule has 0 saturated carbocycles. The lowest BCUT2D eigenvalue weighted by atomic mass is 9.86. The number of nitriles is 1. The normalized spacial score (nSPS) is 12.1. The molecule has 0 amide bonds. The van der Waals surface area contributed by atoms with Crippen LogP contribution in [0.5, 0.6) is 0 Å². The van der Waals surface area contributed by atoms with E-state index in [1.165, 1.54) is 0 Å². The second-order valence-corrected chi connectivity index (χ2v) is 5.78. The molecule has 23 heavy (non-hydrogen) atoms. The van der Waals surface area contributed by atoms with Gasteiger partial charge in [-0.3, -0.25) is 0 Å². The van der Waals surface area contributed by atoms with Gasteiger partial charge in [0.1, 0.15) is 0 Å². The van der Waals surface area contributed by atoms with Gasteiger partial charge in [0, 0.05) is 13.6 Å². The molecule has 0 saturated heterocycles. The smallest absolute Gasteiger partial charge is 0.0967 e. The molecule has 3 heteroatoms. The van der Waals surface area contributed by atoms with Crippen LogP contribution in [-0.2, 0) is 0 Å². The molecular weight excluding hydrogens is 282 g/mol. The van der Waals surface area contributed by atoms with Gasteiger partial charge in [-0.2, -0.15) is 5.26 Å². The summed E-state index contributed by atoms with van der Waals surface area (Å²) in [5.74, 6) is -0.243. The molecule has 0 heterocycles. The maximum atomic E-state index is 9.67. The average Bonchev–Trinajstić information content (AvgIpc) is 2.56. The monoisotopic (exact) mass is 305 g/mol. The van der Waals surface area contributed by atoms with Crippen molar-refractivity contribution >= 4 is 12.0 Å². The Morgan fingerprint density at radius 1 is 1.17 bits per heavy atom. The van der Waals surface area contributed by atoms with Crippen LogP contribution in [0, 0.1) is 25.2 Å². The standard InChI is InChI=1S/C20H23N3/c1-5-23(4)14-22-18-11-15(2)20(16(3)12-18)19(13-21)17-9-7-6-8-10-17/h6-12,14,19H,5H2,1-4H3. The summed E-state index contributed by atoms with van der Waals surface area (Å²) in [6.45, 7) is 7.11. The lowest BCUT2D eigenvalue weighted by molar-refractivity contribution is 0.552. The highest BCUT2D eigenvalue weighted by Gasteiger charge is 2.18. The Hall–Kier alpha value is -2.60. The van der Waals surface area contributed by atoms with Gasteiger partial charge in [0.25, 0.3) is 0 Å². The SMILES string of the molecule is CCN(C)C=Nc1cc(C)c(C(C#N)c2ccccc2)c(C)c1. The minimum absolute atomic E-state index is 0.243. The number of rotatable bonds is 5. The molecule has 0 N–H and O–H groups in total. The first-order chi connectivity index (χ1) is 11.1. The molecule has 0 aliphatic heterocycles. The van der Waals surface area contributed by atoms with Gasteiger partial charge in [-0.25, -0.2) is 4.99 Å². The number of aliphatic imine (C=N–C) groups is 1. The van der Waals surface area contributed by atoms with Crippen molar-refractivity contribution < 1.29 is 0 Å². The molecule has 0 aliphatic carbocycles. The molecule has 1 atom stereocenters. The summed E-state index contributed by atoms with van der Waals surface area (Å²) < 4.78 is 0. The van der Waals surface area contributed by atoms with Crippen LogP contribution in [-0.4, -0.2) is 24.8 Å². The van der Waals surface area contributed by atoms with Crippen LogP contribution in [0.25, 0.3) is 0 Å². The van der Waals surface area contributed by atoms with Crippen LogP contribution < -0.4 is 0 Å². The van der Waals surface area contributed by atoms with Crippen molar-refractivity contribution in [3.8, 4) is 6.07 Å². The van der Waals surface area contributed by atoms with Crippen LogP contribution in [0.2, 0.25) is 0 Å². The van der Waals surface area contributed by atoms with E-state index in [0.717, 1.165) is 34.5 Å². The maximum absolute atomic E-state index is 9.67. The summed E-state index contributed by atoms with van der Waals surface area (Å²) in [5, 5.41) is 9.67. The first-order valence-corrected chi connectivity index (χ1v) is 7.87. The summed E-state index contributed by atoms with van der Waals surface area (Å²) in [4.78, 5) is 6.54. The van der Waals surface area contributed by atoms with Gasteiger partial charge in [-0.15, -0.1) is 0 Å². The highest BCUT2D eigenvalue weighted by atomic mass is 15.1. The summed E-state index contributed by atoms with van der Waals surface area (Å²) >= 11 is 0. The van der Waals surface area contributed by atoms with Gasteiger partial charge in [0.15, 0.2) is 0 Å². The third-order valence-corrected chi connectivity index (χ3v) is 4.03. The highest BCUT2D eigenvalue weighted by Crippen LogP contribution is 2.32. The van der Waals surface area contributed by atoms with Gasteiger partial charge in [0.05, 0.1) is 24.0 Å². The van der Waals surface area contributed by atoms with E-state index in [-0.39, 0.29) is 5.92 Å². The van der Waals surface area contributed by atoms with Crippen molar-refractivity contribution in [3.05, 3.63) is 64.7 Å². The quantitative estimate of drug-likeness (QED) is 0.599. The fourth-order valence-corrected chi connectivity index (χ4v) is 2.68. The number of hydrogen-bond donors (Lipinski definition) is 0. The molecule has 2 aromatic rings. The van der Waals surface area contributed by atoms with Crippen LogP contribution in [0.1, 0.15) is 35.1 Å². The molecule has 0 radical (unpaired) electrons. The van der Waals surface area contributed by atoms with E-state index in [2.05, 4.69) is 44.0 Å². The topological polar surface area (TPSA) is 39.4 Å². The van der Waals surface area contributed by atoms with Crippen molar-refractivity contribution in [2.75, 3.05) is 13.6 Å². The number of nitrogens with zero attached hydrogens (tertiary/aromatic N) is 3. The zero-order valence-electron chi connectivity index (χ0n) is 14.2. The number of hydrogen-bond acceptors (Lipinski definition) is 2. The van der Waals surface area contributed by atoms with Gasteiger partial charge in [0.2, 0.25) is 0 Å². The molecule has 0 bridgehead atoms. The van der Waals surface area contributed by atoms with E-state index in [9.17, 15) is 5.26 Å². The Morgan fingerprint density at radius 3 is 2.30 bits per heavy atom. The minimum atomic E-state index is -0.243. The van der Waals surface area contributed by atoms with E-state index < -0.39 is 0 Å². The zero-order valence-corrected chi connectivity index (χ0v) is 14.2. The molecule has 2 rings (SSSR count). The van der Waals surface area contributed by atoms with Gasteiger partial charge in [-0.05, 0) is 55.2 Å². The van der Waals surface area contributed by atoms with Crippen molar-refractivity contribution in [3.63, 3.8) is 0 Å². The summed E-state index contributed by atoms with van der Waals surface area (Å²) in [7, 11) is 2.00. The molecule has 0 spiro atoms. The fraction of sp³-hybridized carbons (Fsp3) is 0.300. The predicted molar refractivity (Wildman–Crippen MR) is 96.3 cm³/mol. The van der Waals surface area contributed by atoms with E-state index in [4.69, 9.17) is 0 Å². The van der Waals surface area contributed by atoms with Gasteiger partial charge >= 0.3 is 0 Å². The summed E-state index contributed by atoms with van der Waals surface area (Å²) in [6.07, 6.45) is 1.84. The van der Waals surface area contributed by atoms with Crippen molar-refractivity contribution in [1.82, 2.24) is 4.90 Å². The van der Waals surface area contributed by atoms with Crippen molar-refractivity contribution in [1.29, 1.82) is 5.26 Å². The van der Waals surface area contributed by atoms with Gasteiger partial charge < -0.3 is 4.90 Å². The van der Waals surface area contributed by atoms with E-state index in [1.807, 2.05) is 48.6 Å². The Bertz CT molecular complexity index is 703. The molecule has 0 fully saturated rings. The first kappa shape index (κ1) is 16.8. The average molecular weight is 305 g/mol. The third kappa shape index (κ3) is 3.98. The zero-order chi connectivity index (χ0) is 16.8. The Kier molecular flexibility index (Phi) is 5.54. The number of aryl methyl sites for hydroxylation is 2. The lowest BCUT2D eigenvalue weighted by Crippen LogP contribution is -2.14. The Balaban J connectivity index is 2.41. The minimum Gasteiger partial charge on any atom is -0.366 e. The molecule has 1 unspecified atom stereocenters. The Labute approximate surface area is 138 Å². The predicted octanol–water partition coefficient (Wildman–Crippen LogP) is 4.57. The van der Waals surface area contributed by atoms with E-state index in [0.29, 0.717) is 0 Å². The second-order valence-electron chi connectivity index (χ2n) is 5.78. The molecule has 0 aromatic heterocycles. The molecule has 0 aliphatic rings. The molecule has 118 valence electrons. The van der Waals surface area contributed by atoms with Crippen molar-refractivity contribution in [2.45, 2.75) is 26.7 Å². The van der Waals surface area contributed by atoms with Crippen LogP contribution >= 0.6 is 0 Å². The largest absolute Gasteiger partial charge is 0.366 e. The van der Waals surface area contributed by atoms with E-state index >= 15 is 0 Å². The first-order valence-electron chi connectivity index (χ1n) is 7.87. The van der Waals surface area contributed by atoms with Crippen LogP contribution in [0.3, 0.4) is 0 Å². The second kappa shape index (κ2) is 7.60. The Morgan fingerprint density at radius 2 is 1.78 bits per heavy atom. The van der Waals surface area contributed by atoms with E-state index in [1.54, 1.807) is 0 Å². The maximum Gasteiger partial charge on any atom is 0.0967 e.